The summed E-state index contributed by atoms with van der Waals surface area (Å²) in [5.41, 5.74) is 0.0473. The number of aromatic nitrogens is 2. The van der Waals surface area contributed by atoms with E-state index in [1.165, 1.54) is 0 Å². The van der Waals surface area contributed by atoms with Crippen LogP contribution in [0, 0.1) is 0 Å². The van der Waals surface area contributed by atoms with Gasteiger partial charge in [-0.15, -0.1) is 0 Å². The summed E-state index contributed by atoms with van der Waals surface area (Å²) < 4.78 is 15.2. The van der Waals surface area contributed by atoms with Crippen molar-refractivity contribution in [1.82, 2.24) is 10.1 Å². The van der Waals surface area contributed by atoms with Crippen molar-refractivity contribution >= 4 is 11.6 Å². The second-order valence-corrected chi connectivity index (χ2v) is 4.66. The van der Waals surface area contributed by atoms with E-state index in [4.69, 9.17) is 30.4 Å². The maximum Gasteiger partial charge on any atom is 0.418 e. The summed E-state index contributed by atoms with van der Waals surface area (Å²) in [6, 6.07) is 8.15. The van der Waals surface area contributed by atoms with Crippen molar-refractivity contribution in [2.75, 3.05) is 0 Å². The average Bonchev–Trinajstić information content (AvgIpc) is 2.98. The highest BCUT2D eigenvalue weighted by Gasteiger charge is 2.13. The van der Waals surface area contributed by atoms with Gasteiger partial charge in [0.1, 0.15) is 12.0 Å². The van der Waals surface area contributed by atoms with Crippen LogP contribution in [0.1, 0.15) is 5.76 Å². The first-order chi connectivity index (χ1) is 10.6. The minimum atomic E-state index is -0.563. The summed E-state index contributed by atoms with van der Waals surface area (Å²) in [6.07, 6.45) is 0.843. The quantitative estimate of drug-likeness (QED) is 0.788. The van der Waals surface area contributed by atoms with Crippen molar-refractivity contribution in [1.29, 1.82) is 0 Å². The second-order valence-electron chi connectivity index (χ2n) is 4.25. The van der Waals surface area contributed by atoms with Gasteiger partial charge in [-0.05, 0) is 12.1 Å². The van der Waals surface area contributed by atoms with Gasteiger partial charge < -0.3 is 14.3 Å². The smallest absolute Gasteiger partial charge is 0.418 e. The van der Waals surface area contributed by atoms with Gasteiger partial charge in [0.2, 0.25) is 11.3 Å². The number of rotatable bonds is 4. The topological polar surface area (TPSA) is 98.6 Å². The van der Waals surface area contributed by atoms with E-state index in [2.05, 4.69) is 10.1 Å². The molecule has 0 spiro atoms. The molecule has 0 aliphatic heterocycles. The molecular weight excluding hydrogens is 312 g/mol. The van der Waals surface area contributed by atoms with Crippen molar-refractivity contribution in [3.63, 3.8) is 0 Å². The fraction of sp³-hybridized carbons (Fsp3) is 0.0714. The van der Waals surface area contributed by atoms with Crippen molar-refractivity contribution in [3.8, 4) is 23.2 Å². The van der Waals surface area contributed by atoms with Crippen LogP contribution in [0.25, 0.3) is 11.4 Å². The predicted octanol–water partition coefficient (Wildman–Crippen LogP) is 2.63. The Bertz CT molecular complexity index is 858. The highest BCUT2D eigenvalue weighted by Crippen LogP contribution is 2.26. The third-order valence-electron chi connectivity index (χ3n) is 2.73. The molecule has 0 saturated heterocycles. The summed E-state index contributed by atoms with van der Waals surface area (Å²) in [4.78, 5) is 15.3. The lowest BCUT2D eigenvalue weighted by molar-refractivity contribution is 0.178. The van der Waals surface area contributed by atoms with Gasteiger partial charge >= 0.3 is 6.08 Å². The van der Waals surface area contributed by atoms with Crippen LogP contribution < -0.4 is 10.2 Å². The molecule has 0 unspecified atom stereocenters. The van der Waals surface area contributed by atoms with E-state index in [9.17, 15) is 4.79 Å². The van der Waals surface area contributed by atoms with E-state index in [1.807, 2.05) is 0 Å². The number of benzene rings is 1. The number of aromatic hydroxyl groups is 1. The van der Waals surface area contributed by atoms with Crippen molar-refractivity contribution in [2.45, 2.75) is 6.61 Å². The van der Waals surface area contributed by atoms with Crippen LogP contribution >= 0.6 is 11.6 Å². The van der Waals surface area contributed by atoms with Gasteiger partial charge in [0, 0.05) is 11.6 Å². The third-order valence-corrected chi connectivity index (χ3v) is 3.06. The lowest BCUT2D eigenvalue weighted by Crippen LogP contribution is -2.03. The van der Waals surface area contributed by atoms with E-state index < -0.39 is 11.2 Å². The number of hydrogen-bond acceptors (Lipinski definition) is 7. The monoisotopic (exact) mass is 320 g/mol. The Kier molecular flexibility index (Phi) is 3.80. The number of ether oxygens (including phenoxy) is 1. The standard InChI is InChI=1S/C14H9ClN2O5/c15-10-4-2-1-3-9(10)13-16-14(22-17-13)21-6-8-5-11(18)12(19)7-20-8/h1-5,7,19H,6H2. The van der Waals surface area contributed by atoms with E-state index in [0.29, 0.717) is 10.6 Å². The zero-order chi connectivity index (χ0) is 15.5. The molecule has 0 aliphatic rings. The molecule has 1 aromatic carbocycles. The fourth-order valence-corrected chi connectivity index (χ4v) is 1.89. The van der Waals surface area contributed by atoms with Gasteiger partial charge in [0.05, 0.1) is 5.02 Å². The Hall–Kier alpha value is -2.80. The van der Waals surface area contributed by atoms with Gasteiger partial charge in [0.15, 0.2) is 12.4 Å². The first-order valence-electron chi connectivity index (χ1n) is 6.15. The minimum absolute atomic E-state index is 0.0920. The maximum absolute atomic E-state index is 11.2. The zero-order valence-electron chi connectivity index (χ0n) is 11.0. The van der Waals surface area contributed by atoms with E-state index >= 15 is 0 Å². The van der Waals surface area contributed by atoms with Crippen LogP contribution in [0.2, 0.25) is 5.02 Å². The second kappa shape index (κ2) is 5.90. The molecular formula is C14H9ClN2O5. The highest BCUT2D eigenvalue weighted by atomic mass is 35.5. The SMILES string of the molecule is O=c1cc(COc2nc(-c3ccccc3Cl)no2)occ1O. The molecule has 2 heterocycles. The Balaban J connectivity index is 1.73. The Morgan fingerprint density at radius 3 is 2.91 bits per heavy atom. The Labute approximate surface area is 128 Å². The Morgan fingerprint density at radius 2 is 2.14 bits per heavy atom. The lowest BCUT2D eigenvalue weighted by atomic mass is 10.2. The zero-order valence-corrected chi connectivity index (χ0v) is 11.8. The van der Waals surface area contributed by atoms with Crippen LogP contribution in [0.3, 0.4) is 0 Å². The molecule has 0 atom stereocenters. The molecule has 0 fully saturated rings. The predicted molar refractivity (Wildman–Crippen MR) is 75.7 cm³/mol. The van der Waals surface area contributed by atoms with Crippen molar-refractivity contribution in [2.24, 2.45) is 0 Å². The molecule has 8 heteroatoms. The van der Waals surface area contributed by atoms with Gasteiger partial charge in [-0.2, -0.15) is 4.98 Å². The minimum Gasteiger partial charge on any atom is -0.502 e. The number of nitrogens with zero attached hydrogens (tertiary/aromatic N) is 2. The lowest BCUT2D eigenvalue weighted by Gasteiger charge is -1.99. The van der Waals surface area contributed by atoms with E-state index in [1.54, 1.807) is 24.3 Å². The first kappa shape index (κ1) is 14.2. The summed E-state index contributed by atoms with van der Waals surface area (Å²) in [7, 11) is 0. The van der Waals surface area contributed by atoms with Gasteiger partial charge in [0.25, 0.3) is 0 Å². The van der Waals surface area contributed by atoms with Crippen LogP contribution in [0.15, 0.2) is 50.3 Å². The fourth-order valence-electron chi connectivity index (χ4n) is 1.67. The van der Waals surface area contributed by atoms with Gasteiger partial charge in [-0.3, -0.25) is 9.32 Å². The molecule has 0 bridgehead atoms. The molecule has 0 aliphatic carbocycles. The summed E-state index contributed by atoms with van der Waals surface area (Å²) in [5.74, 6) is 0.0237. The maximum atomic E-state index is 11.2. The van der Waals surface area contributed by atoms with Crippen molar-refractivity contribution < 1.29 is 18.8 Å². The average molecular weight is 321 g/mol. The van der Waals surface area contributed by atoms with Crippen molar-refractivity contribution in [3.05, 3.63) is 57.6 Å². The molecule has 0 amide bonds. The van der Waals surface area contributed by atoms with Crippen LogP contribution in [-0.4, -0.2) is 15.2 Å². The van der Waals surface area contributed by atoms with Gasteiger partial charge in [-0.25, -0.2) is 0 Å². The van der Waals surface area contributed by atoms with E-state index in [0.717, 1.165) is 12.3 Å². The van der Waals surface area contributed by atoms with E-state index in [-0.39, 0.29) is 24.3 Å². The van der Waals surface area contributed by atoms with Crippen LogP contribution in [0.4, 0.5) is 0 Å². The highest BCUT2D eigenvalue weighted by molar-refractivity contribution is 6.33. The van der Waals surface area contributed by atoms with Crippen LogP contribution in [-0.2, 0) is 6.61 Å². The molecule has 22 heavy (non-hydrogen) atoms. The Morgan fingerprint density at radius 1 is 1.32 bits per heavy atom. The summed E-state index contributed by atoms with van der Waals surface area (Å²) in [6.45, 7) is -0.0975. The number of hydrogen-bond donors (Lipinski definition) is 1. The third kappa shape index (κ3) is 2.94. The summed E-state index contributed by atoms with van der Waals surface area (Å²) in [5, 5.41) is 13.3. The molecule has 2 aromatic heterocycles. The largest absolute Gasteiger partial charge is 0.502 e. The molecule has 3 aromatic rings. The summed E-state index contributed by atoms with van der Waals surface area (Å²) >= 11 is 6.04. The molecule has 3 rings (SSSR count). The molecule has 1 N–H and O–H groups in total. The molecule has 0 radical (unpaired) electrons. The number of halogens is 1. The van der Waals surface area contributed by atoms with Gasteiger partial charge in [-0.1, -0.05) is 28.9 Å². The molecule has 7 nitrogen and oxygen atoms in total. The molecule has 112 valence electrons. The normalized spacial score (nSPS) is 10.6. The van der Waals surface area contributed by atoms with Crippen LogP contribution in [0.5, 0.6) is 11.8 Å². The first-order valence-corrected chi connectivity index (χ1v) is 6.53. The molecule has 0 saturated carbocycles.